The molecule has 23 heavy (non-hydrogen) atoms. The lowest BCUT2D eigenvalue weighted by Crippen LogP contribution is -2.37. The Labute approximate surface area is 156 Å². The zero-order valence-corrected chi connectivity index (χ0v) is 15.6. The summed E-state index contributed by atoms with van der Waals surface area (Å²) < 4.78 is 5.17. The number of guanidine groups is 1. The molecule has 3 N–H and O–H groups in total. The van der Waals surface area contributed by atoms with Crippen molar-refractivity contribution in [3.05, 3.63) is 35.2 Å². The van der Waals surface area contributed by atoms with Crippen molar-refractivity contribution in [3.63, 3.8) is 0 Å². The van der Waals surface area contributed by atoms with E-state index in [0.717, 1.165) is 18.0 Å². The van der Waals surface area contributed by atoms with Gasteiger partial charge in [0.2, 0.25) is 11.7 Å². The first kappa shape index (κ1) is 18.0. The van der Waals surface area contributed by atoms with Crippen LogP contribution in [0.3, 0.4) is 0 Å². The molecule has 1 saturated carbocycles. The van der Waals surface area contributed by atoms with Crippen LogP contribution in [0.2, 0.25) is 5.02 Å². The smallest absolute Gasteiger partial charge is 0.248 e. The highest BCUT2D eigenvalue weighted by Gasteiger charge is 2.16. The molecule has 8 heteroatoms. The summed E-state index contributed by atoms with van der Waals surface area (Å²) in [6.07, 6.45) is 3.86. The predicted molar refractivity (Wildman–Crippen MR) is 101 cm³/mol. The third-order valence-corrected chi connectivity index (χ3v) is 4.00. The van der Waals surface area contributed by atoms with Gasteiger partial charge in [0, 0.05) is 17.1 Å². The summed E-state index contributed by atoms with van der Waals surface area (Å²) in [4.78, 5) is 8.51. The Morgan fingerprint density at radius 2 is 2.09 bits per heavy atom. The molecule has 0 saturated heterocycles. The summed E-state index contributed by atoms with van der Waals surface area (Å²) in [7, 11) is 0. The highest BCUT2D eigenvalue weighted by molar-refractivity contribution is 14.0. The Balaban J connectivity index is 0.00000192. The number of halogens is 2. The lowest BCUT2D eigenvalue weighted by Gasteiger charge is -2.25. The van der Waals surface area contributed by atoms with Crippen molar-refractivity contribution in [2.45, 2.75) is 25.8 Å². The first-order valence-corrected chi connectivity index (χ1v) is 7.71. The quantitative estimate of drug-likeness (QED) is 0.417. The topological polar surface area (TPSA) is 89.3 Å². The zero-order valence-electron chi connectivity index (χ0n) is 12.5. The molecule has 1 aliphatic rings. The van der Waals surface area contributed by atoms with Gasteiger partial charge < -0.3 is 15.6 Å². The number of nitrogens with two attached hydrogens (primary N) is 1. The van der Waals surface area contributed by atoms with E-state index in [1.807, 2.05) is 12.1 Å². The summed E-state index contributed by atoms with van der Waals surface area (Å²) in [6, 6.07) is 7.25. The molecular formula is C15H19ClIN5O. The van der Waals surface area contributed by atoms with Gasteiger partial charge in [-0.15, -0.1) is 24.0 Å². The Bertz CT molecular complexity index is 654. The number of nitrogens with zero attached hydrogens (tertiary/aromatic N) is 3. The summed E-state index contributed by atoms with van der Waals surface area (Å²) in [5.41, 5.74) is 6.66. The van der Waals surface area contributed by atoms with Gasteiger partial charge >= 0.3 is 0 Å². The van der Waals surface area contributed by atoms with E-state index in [1.54, 1.807) is 12.1 Å². The Kier molecular flexibility index (Phi) is 6.64. The summed E-state index contributed by atoms with van der Waals surface area (Å²) >= 11 is 5.85. The molecule has 0 aliphatic heterocycles. The van der Waals surface area contributed by atoms with Crippen molar-refractivity contribution in [2.24, 2.45) is 16.6 Å². The third kappa shape index (κ3) is 5.07. The maximum atomic E-state index is 5.85. The minimum atomic E-state index is 0. The first-order chi connectivity index (χ1) is 10.7. The Hall–Kier alpha value is -1.35. The number of nitrogens with one attached hydrogen (secondary N) is 1. The lowest BCUT2D eigenvalue weighted by molar-refractivity contribution is 0.315. The lowest BCUT2D eigenvalue weighted by atomic mass is 9.85. The van der Waals surface area contributed by atoms with E-state index in [0.29, 0.717) is 22.7 Å². The third-order valence-electron chi connectivity index (χ3n) is 3.75. The molecule has 0 amide bonds. The molecule has 2 aromatic rings. The summed E-state index contributed by atoms with van der Waals surface area (Å²) in [5.74, 6) is 2.09. The van der Waals surface area contributed by atoms with Crippen LogP contribution in [0, 0.1) is 5.92 Å². The standard InChI is InChI=1S/C15H18ClN5O.HI/c16-12-6-4-11(5-7-12)14-20-13(22-21-14)9-19-15(17)18-8-10-2-1-3-10;/h4-7,10H,1-3,8-9H2,(H3,17,18,19);1H. The number of hydrogen-bond donors (Lipinski definition) is 2. The minimum absolute atomic E-state index is 0. The molecule has 6 nitrogen and oxygen atoms in total. The first-order valence-electron chi connectivity index (χ1n) is 7.33. The van der Waals surface area contributed by atoms with E-state index in [9.17, 15) is 0 Å². The number of aliphatic imine (C=N–C) groups is 1. The van der Waals surface area contributed by atoms with Gasteiger partial charge in [-0.1, -0.05) is 23.2 Å². The van der Waals surface area contributed by atoms with E-state index >= 15 is 0 Å². The number of aromatic nitrogens is 2. The minimum Gasteiger partial charge on any atom is -0.370 e. The Morgan fingerprint density at radius 3 is 2.74 bits per heavy atom. The van der Waals surface area contributed by atoms with Gasteiger partial charge in [0.1, 0.15) is 6.54 Å². The molecule has 1 fully saturated rings. The van der Waals surface area contributed by atoms with Crippen LogP contribution in [-0.4, -0.2) is 22.6 Å². The van der Waals surface area contributed by atoms with E-state index in [-0.39, 0.29) is 30.5 Å². The van der Waals surface area contributed by atoms with Crippen LogP contribution >= 0.6 is 35.6 Å². The zero-order chi connectivity index (χ0) is 15.4. The maximum Gasteiger partial charge on any atom is 0.248 e. The molecule has 1 heterocycles. The average Bonchev–Trinajstić information content (AvgIpc) is 2.93. The van der Waals surface area contributed by atoms with Crippen LogP contribution in [0.1, 0.15) is 25.2 Å². The second-order valence-corrected chi connectivity index (χ2v) is 5.83. The second kappa shape index (κ2) is 8.49. The molecule has 0 radical (unpaired) electrons. The number of benzene rings is 1. The molecule has 1 aromatic carbocycles. The fraction of sp³-hybridized carbons (Fsp3) is 0.400. The average molecular weight is 448 g/mol. The van der Waals surface area contributed by atoms with Crippen molar-refractivity contribution in [1.82, 2.24) is 15.5 Å². The summed E-state index contributed by atoms with van der Waals surface area (Å²) in [5, 5.41) is 7.72. The van der Waals surface area contributed by atoms with Gasteiger partial charge in [-0.3, -0.25) is 0 Å². The van der Waals surface area contributed by atoms with Gasteiger partial charge in [-0.05, 0) is 43.0 Å². The molecule has 0 bridgehead atoms. The maximum absolute atomic E-state index is 5.85. The highest BCUT2D eigenvalue weighted by atomic mass is 127. The second-order valence-electron chi connectivity index (χ2n) is 5.40. The van der Waals surface area contributed by atoms with Gasteiger partial charge in [-0.2, -0.15) is 4.98 Å². The van der Waals surface area contributed by atoms with Crippen molar-refractivity contribution >= 4 is 41.5 Å². The van der Waals surface area contributed by atoms with Crippen LogP contribution < -0.4 is 11.1 Å². The fourth-order valence-corrected chi connectivity index (χ4v) is 2.32. The normalized spacial score (nSPS) is 14.9. The van der Waals surface area contributed by atoms with Gasteiger partial charge in [0.05, 0.1) is 0 Å². The molecule has 1 aliphatic carbocycles. The van der Waals surface area contributed by atoms with Crippen LogP contribution in [0.15, 0.2) is 33.8 Å². The van der Waals surface area contributed by atoms with Gasteiger partial charge in [-0.25, -0.2) is 4.99 Å². The predicted octanol–water partition coefficient (Wildman–Crippen LogP) is 3.21. The fourth-order valence-electron chi connectivity index (χ4n) is 2.19. The van der Waals surface area contributed by atoms with Crippen LogP contribution in [0.25, 0.3) is 11.4 Å². The number of hydrogen-bond acceptors (Lipinski definition) is 4. The van der Waals surface area contributed by atoms with E-state index in [4.69, 9.17) is 21.9 Å². The van der Waals surface area contributed by atoms with Gasteiger partial charge in [0.15, 0.2) is 5.96 Å². The molecule has 0 unspecified atom stereocenters. The van der Waals surface area contributed by atoms with Crippen molar-refractivity contribution in [1.29, 1.82) is 0 Å². The molecule has 124 valence electrons. The van der Waals surface area contributed by atoms with E-state index in [2.05, 4.69) is 20.4 Å². The Morgan fingerprint density at radius 1 is 1.35 bits per heavy atom. The van der Waals surface area contributed by atoms with Crippen LogP contribution in [0.5, 0.6) is 0 Å². The summed E-state index contributed by atoms with van der Waals surface area (Å²) in [6.45, 7) is 1.15. The monoisotopic (exact) mass is 447 g/mol. The molecule has 0 spiro atoms. The van der Waals surface area contributed by atoms with Gasteiger partial charge in [0.25, 0.3) is 0 Å². The number of rotatable bonds is 5. The van der Waals surface area contributed by atoms with Crippen LogP contribution in [0.4, 0.5) is 0 Å². The molecule has 1 aromatic heterocycles. The molecular weight excluding hydrogens is 429 g/mol. The molecule has 3 rings (SSSR count). The van der Waals surface area contributed by atoms with Crippen LogP contribution in [-0.2, 0) is 6.54 Å². The molecule has 0 atom stereocenters. The SMILES string of the molecule is I.NC(=NCc1nc(-c2ccc(Cl)cc2)no1)NCC1CCC1. The largest absolute Gasteiger partial charge is 0.370 e. The van der Waals surface area contributed by atoms with E-state index in [1.165, 1.54) is 19.3 Å². The van der Waals surface area contributed by atoms with Crippen molar-refractivity contribution in [2.75, 3.05) is 6.54 Å². The van der Waals surface area contributed by atoms with E-state index < -0.39 is 0 Å². The van der Waals surface area contributed by atoms with Crippen molar-refractivity contribution < 1.29 is 4.52 Å². The van der Waals surface area contributed by atoms with Crippen molar-refractivity contribution in [3.8, 4) is 11.4 Å². The highest BCUT2D eigenvalue weighted by Crippen LogP contribution is 2.25.